The van der Waals surface area contributed by atoms with Crippen molar-refractivity contribution in [1.29, 1.82) is 0 Å². The van der Waals surface area contributed by atoms with Crippen LogP contribution in [0.4, 0.5) is 10.2 Å². The fraction of sp³-hybridized carbons (Fsp3) is 0.600. The summed E-state index contributed by atoms with van der Waals surface area (Å²) in [4.78, 5) is 17.9. The third-order valence-electron chi connectivity index (χ3n) is 5.56. The van der Waals surface area contributed by atoms with Crippen LogP contribution in [0.1, 0.15) is 50.5 Å². The molecule has 1 aromatic heterocycles. The van der Waals surface area contributed by atoms with E-state index in [0.717, 1.165) is 37.9 Å². The van der Waals surface area contributed by atoms with E-state index in [1.807, 2.05) is 0 Å². The van der Waals surface area contributed by atoms with Gasteiger partial charge in [-0.1, -0.05) is 30.9 Å². The van der Waals surface area contributed by atoms with E-state index < -0.39 is 11.7 Å². The molecule has 1 saturated heterocycles. The van der Waals surface area contributed by atoms with Gasteiger partial charge in [-0.25, -0.2) is 14.9 Å². The van der Waals surface area contributed by atoms with Crippen molar-refractivity contribution in [3.05, 3.63) is 28.7 Å². The van der Waals surface area contributed by atoms with E-state index in [2.05, 4.69) is 15.2 Å². The van der Waals surface area contributed by atoms with Crippen LogP contribution in [0.2, 0.25) is 5.02 Å². The quantitative estimate of drug-likeness (QED) is 0.375. The monoisotopic (exact) mass is 410 g/mol. The number of nitrogens with one attached hydrogen (secondary N) is 2. The summed E-state index contributed by atoms with van der Waals surface area (Å²) in [5.74, 6) is -0.938. The fourth-order valence-electron chi connectivity index (χ4n) is 4.17. The van der Waals surface area contributed by atoms with E-state index >= 15 is 0 Å². The number of halogens is 2. The molecule has 28 heavy (non-hydrogen) atoms. The van der Waals surface area contributed by atoms with Crippen molar-refractivity contribution in [1.82, 2.24) is 15.4 Å². The molecular weight excluding hydrogens is 383 g/mol. The lowest BCUT2D eigenvalue weighted by molar-refractivity contribution is -0.126. The average molecular weight is 411 g/mol. The Morgan fingerprint density at radius 1 is 1.32 bits per heavy atom. The second-order valence-corrected chi connectivity index (χ2v) is 8.19. The number of carbonyl (C=O) groups is 1. The van der Waals surface area contributed by atoms with Gasteiger partial charge in [0.05, 0.1) is 5.02 Å². The molecule has 0 radical (unpaired) electrons. The lowest BCUT2D eigenvalue weighted by Gasteiger charge is -2.36. The number of aromatic nitrogens is 1. The molecule has 0 aromatic carbocycles. The van der Waals surface area contributed by atoms with Crippen LogP contribution in [0.5, 0.6) is 0 Å². The largest absolute Gasteiger partial charge is 0.365 e. The molecule has 3 N–H and O–H groups in total. The standard InChI is InChI=1S/C20H28ClFN4O2/c21-17-9-15(10-18(22)20(27)25-28)11-23-19(17)24-16-7-4-8-26(13-16)12-14-5-2-1-3-6-14/h9-11,14,16,28H,1-8,12-13H2,(H,23,24)(H,25,27)/b18-10-/t16-/m1/s1. The Labute approximate surface area is 170 Å². The molecule has 1 saturated carbocycles. The average Bonchev–Trinajstić information content (AvgIpc) is 2.70. The van der Waals surface area contributed by atoms with Gasteiger partial charge in [-0.15, -0.1) is 0 Å². The zero-order chi connectivity index (χ0) is 19.9. The van der Waals surface area contributed by atoms with Crippen molar-refractivity contribution >= 4 is 29.4 Å². The van der Waals surface area contributed by atoms with Crippen LogP contribution in [0.15, 0.2) is 18.1 Å². The Balaban J connectivity index is 1.57. The maximum Gasteiger partial charge on any atom is 0.303 e. The molecule has 1 amide bonds. The summed E-state index contributed by atoms with van der Waals surface area (Å²) in [6.07, 6.45) is 11.4. The number of nitrogens with zero attached hydrogens (tertiary/aromatic N) is 2. The highest BCUT2D eigenvalue weighted by Crippen LogP contribution is 2.27. The third-order valence-corrected chi connectivity index (χ3v) is 5.85. The second-order valence-electron chi connectivity index (χ2n) is 7.78. The molecule has 2 heterocycles. The topological polar surface area (TPSA) is 77.5 Å². The first kappa shape index (κ1) is 21.0. The SMILES string of the molecule is O=C(NO)/C(F)=C/c1cnc(N[C@@H]2CCCN(CC3CCCCC3)C2)c(Cl)c1. The van der Waals surface area contributed by atoms with Gasteiger partial charge in [0.25, 0.3) is 0 Å². The Morgan fingerprint density at radius 3 is 2.82 bits per heavy atom. The summed E-state index contributed by atoms with van der Waals surface area (Å²) in [5.41, 5.74) is 1.59. The first-order valence-electron chi connectivity index (χ1n) is 10.0. The zero-order valence-electron chi connectivity index (χ0n) is 16.0. The Morgan fingerprint density at radius 2 is 2.11 bits per heavy atom. The van der Waals surface area contributed by atoms with Crippen molar-refractivity contribution < 1.29 is 14.4 Å². The minimum absolute atomic E-state index is 0.278. The van der Waals surface area contributed by atoms with Crippen LogP contribution in [-0.2, 0) is 4.79 Å². The van der Waals surface area contributed by atoms with Gasteiger partial charge < -0.3 is 10.2 Å². The lowest BCUT2D eigenvalue weighted by atomic mass is 9.88. The van der Waals surface area contributed by atoms with Crippen LogP contribution < -0.4 is 10.8 Å². The van der Waals surface area contributed by atoms with Gasteiger partial charge in [-0.3, -0.25) is 10.0 Å². The minimum Gasteiger partial charge on any atom is -0.365 e. The predicted octanol–water partition coefficient (Wildman–Crippen LogP) is 4.01. The van der Waals surface area contributed by atoms with Crippen LogP contribution in [0, 0.1) is 5.92 Å². The molecule has 2 fully saturated rings. The Kier molecular flexibility index (Phi) is 7.65. The van der Waals surface area contributed by atoms with Gasteiger partial charge in [0, 0.05) is 25.3 Å². The summed E-state index contributed by atoms with van der Waals surface area (Å²) < 4.78 is 13.5. The van der Waals surface area contributed by atoms with Crippen LogP contribution >= 0.6 is 11.6 Å². The highest BCUT2D eigenvalue weighted by molar-refractivity contribution is 6.33. The number of hydrogen-bond acceptors (Lipinski definition) is 5. The van der Waals surface area contributed by atoms with E-state index in [0.29, 0.717) is 16.4 Å². The van der Waals surface area contributed by atoms with Gasteiger partial charge in [0.2, 0.25) is 0 Å². The Hall–Kier alpha value is -1.70. The van der Waals surface area contributed by atoms with E-state index in [1.54, 1.807) is 6.07 Å². The summed E-state index contributed by atoms with van der Waals surface area (Å²) in [6.45, 7) is 3.29. The molecule has 0 spiro atoms. The van der Waals surface area contributed by atoms with E-state index in [4.69, 9.17) is 16.8 Å². The summed E-state index contributed by atoms with van der Waals surface area (Å²) in [6, 6.07) is 1.82. The fourth-order valence-corrected chi connectivity index (χ4v) is 4.40. The first-order valence-corrected chi connectivity index (χ1v) is 10.4. The molecular formula is C20H28ClFN4O2. The number of hydrogen-bond donors (Lipinski definition) is 3. The van der Waals surface area contributed by atoms with E-state index in [-0.39, 0.29) is 6.04 Å². The molecule has 0 unspecified atom stereocenters. The highest BCUT2D eigenvalue weighted by atomic mass is 35.5. The number of carbonyl (C=O) groups excluding carboxylic acids is 1. The number of amides is 1. The van der Waals surface area contributed by atoms with Crippen molar-refractivity contribution in [2.24, 2.45) is 5.92 Å². The van der Waals surface area contributed by atoms with Gasteiger partial charge >= 0.3 is 5.91 Å². The maximum absolute atomic E-state index is 13.5. The van der Waals surface area contributed by atoms with Gasteiger partial charge in [0.15, 0.2) is 5.83 Å². The van der Waals surface area contributed by atoms with Crippen molar-refractivity contribution in [3.63, 3.8) is 0 Å². The van der Waals surface area contributed by atoms with Gasteiger partial charge in [0.1, 0.15) is 5.82 Å². The second kappa shape index (κ2) is 10.2. The van der Waals surface area contributed by atoms with Crippen LogP contribution in [0.3, 0.4) is 0 Å². The normalized spacial score (nSPS) is 22.1. The van der Waals surface area contributed by atoms with Crippen molar-refractivity contribution in [2.45, 2.75) is 51.0 Å². The number of hydroxylamine groups is 1. The zero-order valence-corrected chi connectivity index (χ0v) is 16.7. The molecule has 1 atom stereocenters. The molecule has 2 aliphatic rings. The summed E-state index contributed by atoms with van der Waals surface area (Å²) in [7, 11) is 0. The third kappa shape index (κ3) is 5.90. The molecule has 1 aromatic rings. The lowest BCUT2D eigenvalue weighted by Crippen LogP contribution is -2.44. The predicted molar refractivity (Wildman–Crippen MR) is 108 cm³/mol. The molecule has 3 rings (SSSR count). The van der Waals surface area contributed by atoms with Crippen molar-refractivity contribution in [3.8, 4) is 0 Å². The summed E-state index contributed by atoms with van der Waals surface area (Å²) in [5, 5.41) is 12.2. The summed E-state index contributed by atoms with van der Waals surface area (Å²) >= 11 is 6.30. The molecule has 6 nitrogen and oxygen atoms in total. The number of anilines is 1. The Bertz CT molecular complexity index is 709. The van der Waals surface area contributed by atoms with Crippen LogP contribution in [-0.4, -0.2) is 46.7 Å². The van der Waals surface area contributed by atoms with Gasteiger partial charge in [-0.2, -0.15) is 0 Å². The van der Waals surface area contributed by atoms with Gasteiger partial charge in [-0.05, 0) is 55.9 Å². The molecule has 1 aliphatic carbocycles. The number of likely N-dealkylation sites (tertiary alicyclic amines) is 1. The first-order chi connectivity index (χ1) is 13.5. The maximum atomic E-state index is 13.5. The molecule has 0 bridgehead atoms. The minimum atomic E-state index is -1.21. The number of piperidine rings is 1. The van der Waals surface area contributed by atoms with Crippen molar-refractivity contribution in [2.75, 3.05) is 25.0 Å². The highest BCUT2D eigenvalue weighted by Gasteiger charge is 2.24. The molecule has 8 heteroatoms. The van der Waals surface area contributed by atoms with E-state index in [9.17, 15) is 9.18 Å². The number of rotatable bonds is 6. The molecule has 1 aliphatic heterocycles. The number of pyridine rings is 1. The smallest absolute Gasteiger partial charge is 0.303 e. The molecule has 154 valence electrons. The van der Waals surface area contributed by atoms with E-state index in [1.165, 1.54) is 50.3 Å². The van der Waals surface area contributed by atoms with Crippen LogP contribution in [0.25, 0.3) is 6.08 Å².